The predicted octanol–water partition coefficient (Wildman–Crippen LogP) is 2.75. The van der Waals surface area contributed by atoms with Gasteiger partial charge < -0.3 is 14.7 Å². The molecule has 1 atom stereocenters. The summed E-state index contributed by atoms with van der Waals surface area (Å²) in [4.78, 5) is 29.8. The van der Waals surface area contributed by atoms with Crippen LogP contribution in [0.25, 0.3) is 5.76 Å². The molecule has 0 unspecified atom stereocenters. The highest BCUT2D eigenvalue weighted by molar-refractivity contribution is 6.46. The topological polar surface area (TPSA) is 70.1 Å². The zero-order valence-electron chi connectivity index (χ0n) is 17.1. The molecule has 2 aliphatic heterocycles. The molecule has 156 valence electrons. The summed E-state index contributed by atoms with van der Waals surface area (Å²) >= 11 is 0. The van der Waals surface area contributed by atoms with Gasteiger partial charge in [0.25, 0.3) is 11.7 Å². The number of benzene rings is 2. The van der Waals surface area contributed by atoms with Crippen LogP contribution in [0.15, 0.2) is 60.2 Å². The molecule has 4 rings (SSSR count). The number of hydrogen-bond acceptors (Lipinski definition) is 5. The third kappa shape index (κ3) is 4.01. The van der Waals surface area contributed by atoms with Gasteiger partial charge in [-0.3, -0.25) is 14.5 Å². The number of rotatable bonds is 5. The number of amides is 1. The Morgan fingerprint density at radius 2 is 1.67 bits per heavy atom. The quantitative estimate of drug-likeness (QED) is 0.470. The van der Waals surface area contributed by atoms with Gasteiger partial charge in [-0.2, -0.15) is 0 Å². The van der Waals surface area contributed by atoms with Gasteiger partial charge in [-0.05, 0) is 12.5 Å². The Labute approximate surface area is 176 Å². The van der Waals surface area contributed by atoms with Crippen LogP contribution in [0.5, 0.6) is 0 Å². The van der Waals surface area contributed by atoms with Crippen LogP contribution in [-0.2, 0) is 14.3 Å². The summed E-state index contributed by atoms with van der Waals surface area (Å²) in [5, 5.41) is 11.0. The molecule has 6 heteroatoms. The molecule has 2 heterocycles. The van der Waals surface area contributed by atoms with Gasteiger partial charge >= 0.3 is 0 Å². The van der Waals surface area contributed by atoms with E-state index >= 15 is 0 Å². The number of carbonyl (C=O) groups is 2. The molecule has 2 aromatic carbocycles. The lowest BCUT2D eigenvalue weighted by Gasteiger charge is -2.31. The average Bonchev–Trinajstić information content (AvgIpc) is 3.04. The minimum absolute atomic E-state index is 0.131. The minimum atomic E-state index is -0.635. The van der Waals surface area contributed by atoms with Crippen LogP contribution < -0.4 is 0 Å². The van der Waals surface area contributed by atoms with Gasteiger partial charge in [0, 0.05) is 31.7 Å². The number of Topliss-reactive ketones (excluding diaryl/α,β-unsaturated/α-hetero) is 1. The lowest BCUT2D eigenvalue weighted by atomic mass is 9.95. The number of ketones is 1. The lowest BCUT2D eigenvalue weighted by molar-refractivity contribution is -0.140. The first-order valence-electron chi connectivity index (χ1n) is 10.3. The van der Waals surface area contributed by atoms with E-state index < -0.39 is 17.7 Å². The number of nitrogens with zero attached hydrogens (tertiary/aromatic N) is 2. The monoisotopic (exact) mass is 406 g/mol. The van der Waals surface area contributed by atoms with E-state index in [-0.39, 0.29) is 11.3 Å². The van der Waals surface area contributed by atoms with Gasteiger partial charge in [0.15, 0.2) is 0 Å². The average molecular weight is 406 g/mol. The zero-order valence-corrected chi connectivity index (χ0v) is 17.1. The van der Waals surface area contributed by atoms with Crippen molar-refractivity contribution in [1.29, 1.82) is 0 Å². The van der Waals surface area contributed by atoms with Crippen LogP contribution in [0, 0.1) is 6.92 Å². The van der Waals surface area contributed by atoms with E-state index in [4.69, 9.17) is 4.74 Å². The van der Waals surface area contributed by atoms with E-state index in [0.29, 0.717) is 31.9 Å². The normalized spacial score (nSPS) is 21.9. The molecule has 0 aliphatic carbocycles. The molecular formula is C24H26N2O4. The Morgan fingerprint density at radius 3 is 2.33 bits per heavy atom. The third-order valence-corrected chi connectivity index (χ3v) is 5.74. The second kappa shape index (κ2) is 8.81. The van der Waals surface area contributed by atoms with Crippen LogP contribution in [-0.4, -0.2) is 66.0 Å². The van der Waals surface area contributed by atoms with Gasteiger partial charge in [-0.25, -0.2) is 0 Å². The van der Waals surface area contributed by atoms with Gasteiger partial charge in [-0.1, -0.05) is 60.2 Å². The first-order chi connectivity index (χ1) is 14.6. The van der Waals surface area contributed by atoms with Crippen LogP contribution >= 0.6 is 0 Å². The fraction of sp³-hybridized carbons (Fsp3) is 0.333. The van der Waals surface area contributed by atoms with E-state index in [1.807, 2.05) is 37.3 Å². The van der Waals surface area contributed by atoms with E-state index in [2.05, 4.69) is 4.90 Å². The second-order valence-electron chi connectivity index (χ2n) is 7.72. The maximum absolute atomic E-state index is 13.0. The number of ether oxygens (including phenoxy) is 1. The number of hydrogen-bond donors (Lipinski definition) is 1. The molecule has 0 aromatic heterocycles. The molecule has 2 fully saturated rings. The fourth-order valence-electron chi connectivity index (χ4n) is 4.03. The Kier molecular flexibility index (Phi) is 5.97. The van der Waals surface area contributed by atoms with E-state index in [1.54, 1.807) is 29.2 Å². The summed E-state index contributed by atoms with van der Waals surface area (Å²) in [6.45, 7) is 6.02. The molecular weight excluding hydrogens is 380 g/mol. The van der Waals surface area contributed by atoms with Crippen LogP contribution in [0.2, 0.25) is 0 Å². The number of morpholine rings is 1. The van der Waals surface area contributed by atoms with Gasteiger partial charge in [0.05, 0.1) is 24.8 Å². The Morgan fingerprint density at radius 1 is 1.00 bits per heavy atom. The first kappa shape index (κ1) is 20.3. The van der Waals surface area contributed by atoms with E-state index in [0.717, 1.165) is 24.2 Å². The number of carbonyl (C=O) groups excluding carboxylic acids is 2. The van der Waals surface area contributed by atoms with Crippen LogP contribution in [0.4, 0.5) is 0 Å². The molecule has 0 bridgehead atoms. The van der Waals surface area contributed by atoms with Gasteiger partial charge in [0.1, 0.15) is 5.76 Å². The molecule has 0 saturated carbocycles. The highest BCUT2D eigenvalue weighted by atomic mass is 16.5. The molecule has 1 amide bonds. The fourth-order valence-corrected chi connectivity index (χ4v) is 4.03. The van der Waals surface area contributed by atoms with Crippen molar-refractivity contribution in [3.63, 3.8) is 0 Å². The van der Waals surface area contributed by atoms with E-state index in [9.17, 15) is 14.7 Å². The molecule has 1 N–H and O–H groups in total. The molecule has 0 spiro atoms. The molecule has 6 nitrogen and oxygen atoms in total. The summed E-state index contributed by atoms with van der Waals surface area (Å²) in [5.41, 5.74) is 2.59. The highest BCUT2D eigenvalue weighted by Crippen LogP contribution is 2.39. The molecule has 0 radical (unpaired) electrons. The van der Waals surface area contributed by atoms with Crippen molar-refractivity contribution in [2.24, 2.45) is 0 Å². The maximum Gasteiger partial charge on any atom is 0.295 e. The summed E-state index contributed by atoms with van der Waals surface area (Å²) in [7, 11) is 0. The SMILES string of the molecule is Cc1ccc([C@@H]2C(=C(O)c3ccccc3)C(=O)C(=O)N2CCN2CCOCC2)cc1. The maximum atomic E-state index is 13.0. The first-order valence-corrected chi connectivity index (χ1v) is 10.3. The smallest absolute Gasteiger partial charge is 0.295 e. The summed E-state index contributed by atoms with van der Waals surface area (Å²) in [5.74, 6) is -1.33. The van der Waals surface area contributed by atoms with Crippen molar-refractivity contribution in [3.05, 3.63) is 76.9 Å². The van der Waals surface area contributed by atoms with Crippen molar-refractivity contribution in [2.75, 3.05) is 39.4 Å². The predicted molar refractivity (Wildman–Crippen MR) is 114 cm³/mol. The Balaban J connectivity index is 1.72. The van der Waals surface area contributed by atoms with Crippen LogP contribution in [0.3, 0.4) is 0 Å². The van der Waals surface area contributed by atoms with Crippen molar-refractivity contribution >= 4 is 17.4 Å². The van der Waals surface area contributed by atoms with Crippen molar-refractivity contribution < 1.29 is 19.4 Å². The highest BCUT2D eigenvalue weighted by Gasteiger charge is 2.45. The minimum Gasteiger partial charge on any atom is -0.507 e. The summed E-state index contributed by atoms with van der Waals surface area (Å²) in [6, 6.07) is 16.1. The standard InChI is InChI=1S/C24H26N2O4/c1-17-7-9-18(10-8-17)21-20(22(27)19-5-3-2-4-6-19)23(28)24(29)26(21)12-11-25-13-15-30-16-14-25/h2-10,21,27H,11-16H2,1H3/t21-/m1/s1. The largest absolute Gasteiger partial charge is 0.507 e. The number of aryl methyl sites for hydroxylation is 1. The third-order valence-electron chi connectivity index (χ3n) is 5.74. The van der Waals surface area contributed by atoms with Crippen molar-refractivity contribution in [1.82, 2.24) is 9.80 Å². The van der Waals surface area contributed by atoms with Crippen molar-refractivity contribution in [2.45, 2.75) is 13.0 Å². The number of likely N-dealkylation sites (tertiary alicyclic amines) is 1. The molecule has 2 saturated heterocycles. The van der Waals surface area contributed by atoms with E-state index in [1.165, 1.54) is 0 Å². The van der Waals surface area contributed by atoms with Crippen molar-refractivity contribution in [3.8, 4) is 0 Å². The van der Waals surface area contributed by atoms with Gasteiger partial charge in [-0.15, -0.1) is 0 Å². The number of aliphatic hydroxyl groups excluding tert-OH is 1. The van der Waals surface area contributed by atoms with Crippen LogP contribution in [0.1, 0.15) is 22.7 Å². The molecule has 30 heavy (non-hydrogen) atoms. The molecule has 2 aliphatic rings. The molecule has 2 aromatic rings. The Hall–Kier alpha value is -2.96. The summed E-state index contributed by atoms with van der Waals surface area (Å²) in [6.07, 6.45) is 0. The second-order valence-corrected chi connectivity index (χ2v) is 7.72. The summed E-state index contributed by atoms with van der Waals surface area (Å²) < 4.78 is 5.39. The zero-order chi connectivity index (χ0) is 21.1. The van der Waals surface area contributed by atoms with Gasteiger partial charge in [0.2, 0.25) is 0 Å². The number of aliphatic hydroxyl groups is 1. The lowest BCUT2D eigenvalue weighted by Crippen LogP contribution is -2.42. The Bertz CT molecular complexity index is 947.